The minimum Gasteiger partial charge on any atom is -0.462 e. The van der Waals surface area contributed by atoms with Gasteiger partial charge in [-0.2, -0.15) is 0 Å². The molecule has 5 nitrogen and oxygen atoms in total. The summed E-state index contributed by atoms with van der Waals surface area (Å²) in [4.78, 5) is 25.5. The molecule has 0 radical (unpaired) electrons. The highest BCUT2D eigenvalue weighted by atomic mass is 16.6. The van der Waals surface area contributed by atoms with E-state index in [1.807, 2.05) is 0 Å². The zero-order chi connectivity index (χ0) is 49.2. The molecule has 0 aromatic rings. The zero-order valence-electron chi connectivity index (χ0n) is 45.4. The normalized spacial score (nSPS) is 12.7. The minimum atomic E-state index is -0.548. The van der Waals surface area contributed by atoms with Crippen LogP contribution in [0.25, 0.3) is 0 Å². The maximum Gasteiger partial charge on any atom is 0.306 e. The topological polar surface area (TPSA) is 61.8 Å². The largest absolute Gasteiger partial charge is 0.462 e. The number of allylic oxidation sites excluding steroid dienone is 12. The molecule has 0 rings (SSSR count). The molecule has 0 bridgehead atoms. The maximum atomic E-state index is 12.9. The van der Waals surface area contributed by atoms with E-state index in [0.29, 0.717) is 19.4 Å². The summed E-state index contributed by atoms with van der Waals surface area (Å²) in [6.07, 6.45) is 76.3. The number of carbonyl (C=O) groups excluding carboxylic acids is 2. The van der Waals surface area contributed by atoms with Crippen LogP contribution in [0, 0.1) is 0 Å². The first kappa shape index (κ1) is 65.3. The van der Waals surface area contributed by atoms with E-state index in [1.165, 1.54) is 161 Å². The van der Waals surface area contributed by atoms with Crippen LogP contribution in [0.3, 0.4) is 0 Å². The van der Waals surface area contributed by atoms with Crippen LogP contribution in [0.4, 0.5) is 0 Å². The predicted molar refractivity (Wildman–Crippen MR) is 297 cm³/mol. The average Bonchev–Trinajstić information content (AvgIpc) is 3.34. The summed E-state index contributed by atoms with van der Waals surface area (Å²) in [6.45, 7) is 7.71. The number of esters is 2. The number of unbranched alkanes of at least 4 members (excludes halogenated alkanes) is 31. The quantitative estimate of drug-likeness (QED) is 0.0345. The molecule has 0 aromatic heterocycles. The van der Waals surface area contributed by atoms with Gasteiger partial charge in [0.15, 0.2) is 6.10 Å². The van der Waals surface area contributed by atoms with Crippen molar-refractivity contribution in [1.29, 1.82) is 0 Å². The molecule has 0 aliphatic heterocycles. The Bertz CT molecular complexity index is 1210. The highest BCUT2D eigenvalue weighted by Crippen LogP contribution is 2.16. The van der Waals surface area contributed by atoms with Gasteiger partial charge in [0.25, 0.3) is 0 Å². The molecule has 5 heteroatoms. The molecular weight excluding hydrogens is 837 g/mol. The first-order valence-electron chi connectivity index (χ1n) is 29.5. The van der Waals surface area contributed by atoms with Gasteiger partial charge in [-0.3, -0.25) is 9.59 Å². The van der Waals surface area contributed by atoms with Gasteiger partial charge in [0.1, 0.15) is 6.61 Å². The Morgan fingerprint density at radius 3 is 1.09 bits per heavy atom. The van der Waals surface area contributed by atoms with Crippen LogP contribution >= 0.6 is 0 Å². The lowest BCUT2D eigenvalue weighted by Gasteiger charge is -2.18. The zero-order valence-corrected chi connectivity index (χ0v) is 45.4. The smallest absolute Gasteiger partial charge is 0.306 e. The van der Waals surface area contributed by atoms with E-state index in [9.17, 15) is 9.59 Å². The number of ether oxygens (including phenoxy) is 3. The first-order valence-corrected chi connectivity index (χ1v) is 29.5. The molecule has 0 saturated carbocycles. The first-order chi connectivity index (χ1) is 33.6. The summed E-state index contributed by atoms with van der Waals surface area (Å²) in [7, 11) is 0. The molecule has 0 spiro atoms. The van der Waals surface area contributed by atoms with E-state index >= 15 is 0 Å². The Kier molecular flexibility index (Phi) is 56.4. The summed E-state index contributed by atoms with van der Waals surface area (Å²) in [5.41, 5.74) is 0. The number of rotatable bonds is 54. The second kappa shape index (κ2) is 58.7. The van der Waals surface area contributed by atoms with Gasteiger partial charge in [0, 0.05) is 19.4 Å². The van der Waals surface area contributed by atoms with Crippen LogP contribution in [-0.4, -0.2) is 37.9 Å². The molecule has 1 unspecified atom stereocenters. The number of carbonyl (C=O) groups is 2. The Labute approximate surface area is 423 Å². The lowest BCUT2D eigenvalue weighted by molar-refractivity contribution is -0.163. The maximum absolute atomic E-state index is 12.9. The highest BCUT2D eigenvalue weighted by Gasteiger charge is 2.17. The summed E-state index contributed by atoms with van der Waals surface area (Å²) in [5.74, 6) is -0.412. The van der Waals surface area contributed by atoms with Crippen LogP contribution in [0.15, 0.2) is 72.9 Å². The van der Waals surface area contributed by atoms with E-state index < -0.39 is 6.10 Å². The van der Waals surface area contributed by atoms with Gasteiger partial charge in [-0.05, 0) is 89.9 Å². The standard InChI is InChI=1S/C63H112O5/c1-4-7-10-13-16-19-22-25-28-31-32-34-35-38-41-44-47-50-53-56-62(64)67-60-61(59-66-58-55-52-49-46-43-40-37-30-27-24-21-18-15-12-9-6-3)68-63(65)57-54-51-48-45-42-39-36-33-29-26-23-20-17-14-11-8-5-2/h8,11,16-17,19-20,25-26,28-29,32,34,61H,4-7,9-10,12-15,18,21-24,27,30-31,33,35-60H2,1-3H3/b11-8-,19-16-,20-17-,28-25-,29-26-,34-32-. The van der Waals surface area contributed by atoms with Gasteiger partial charge < -0.3 is 14.2 Å². The highest BCUT2D eigenvalue weighted by molar-refractivity contribution is 5.70. The summed E-state index contributed by atoms with van der Waals surface area (Å²) in [5, 5.41) is 0. The predicted octanol–water partition coefficient (Wildman–Crippen LogP) is 20.2. The van der Waals surface area contributed by atoms with Crippen LogP contribution in [0.2, 0.25) is 0 Å². The molecule has 0 aliphatic rings. The lowest BCUT2D eigenvalue weighted by Crippen LogP contribution is -2.30. The third-order valence-electron chi connectivity index (χ3n) is 12.7. The molecule has 0 saturated heterocycles. The average molecular weight is 950 g/mol. The fourth-order valence-corrected chi connectivity index (χ4v) is 8.36. The number of hydrogen-bond acceptors (Lipinski definition) is 5. The lowest BCUT2D eigenvalue weighted by atomic mass is 10.0. The molecule has 0 aliphatic carbocycles. The van der Waals surface area contributed by atoms with Crippen molar-refractivity contribution in [1.82, 2.24) is 0 Å². The Morgan fingerprint density at radius 2 is 0.662 bits per heavy atom. The van der Waals surface area contributed by atoms with Crippen molar-refractivity contribution >= 4 is 11.9 Å². The summed E-state index contributed by atoms with van der Waals surface area (Å²) < 4.78 is 17.5. The van der Waals surface area contributed by atoms with Crippen LogP contribution in [-0.2, 0) is 23.8 Å². The van der Waals surface area contributed by atoms with E-state index in [0.717, 1.165) is 96.3 Å². The van der Waals surface area contributed by atoms with E-state index in [4.69, 9.17) is 14.2 Å². The fourth-order valence-electron chi connectivity index (χ4n) is 8.36. The van der Waals surface area contributed by atoms with E-state index in [1.54, 1.807) is 0 Å². The molecule has 0 amide bonds. The Hall–Kier alpha value is -2.66. The minimum absolute atomic E-state index is 0.0749. The van der Waals surface area contributed by atoms with Gasteiger partial charge in [-0.15, -0.1) is 0 Å². The van der Waals surface area contributed by atoms with Crippen LogP contribution in [0.5, 0.6) is 0 Å². The monoisotopic (exact) mass is 949 g/mol. The van der Waals surface area contributed by atoms with Crippen molar-refractivity contribution in [3.63, 3.8) is 0 Å². The van der Waals surface area contributed by atoms with Crippen molar-refractivity contribution in [2.75, 3.05) is 19.8 Å². The van der Waals surface area contributed by atoms with Crippen LogP contribution < -0.4 is 0 Å². The third-order valence-corrected chi connectivity index (χ3v) is 12.7. The second-order valence-electron chi connectivity index (χ2n) is 19.5. The van der Waals surface area contributed by atoms with Gasteiger partial charge in [0.2, 0.25) is 0 Å². The molecule has 68 heavy (non-hydrogen) atoms. The van der Waals surface area contributed by atoms with Crippen molar-refractivity contribution in [2.24, 2.45) is 0 Å². The Balaban J connectivity index is 4.30. The molecule has 0 heterocycles. The molecular formula is C63H112O5. The van der Waals surface area contributed by atoms with E-state index in [2.05, 4.69) is 93.7 Å². The van der Waals surface area contributed by atoms with Gasteiger partial charge in [-0.1, -0.05) is 261 Å². The fraction of sp³-hybridized carbons (Fsp3) is 0.778. The van der Waals surface area contributed by atoms with Crippen molar-refractivity contribution in [3.8, 4) is 0 Å². The molecule has 1 atom stereocenters. The number of hydrogen-bond donors (Lipinski definition) is 0. The van der Waals surface area contributed by atoms with E-state index in [-0.39, 0.29) is 25.2 Å². The summed E-state index contributed by atoms with van der Waals surface area (Å²) in [6, 6.07) is 0. The molecule has 394 valence electrons. The van der Waals surface area contributed by atoms with Gasteiger partial charge >= 0.3 is 11.9 Å². The molecule has 0 fully saturated rings. The van der Waals surface area contributed by atoms with Gasteiger partial charge in [0.05, 0.1) is 6.61 Å². The van der Waals surface area contributed by atoms with Crippen molar-refractivity contribution < 1.29 is 23.8 Å². The SMILES string of the molecule is CC/C=C\C/C=C\C/C=C\CCCCCCCCCC(=O)OC(COCCCCCCCCCCCCCCCCCC)COC(=O)CCCCCCCC/C=C\C/C=C\C/C=C\CCCCC. The molecule has 0 aromatic carbocycles. The van der Waals surface area contributed by atoms with Gasteiger partial charge in [-0.25, -0.2) is 0 Å². The Morgan fingerprint density at radius 1 is 0.338 bits per heavy atom. The second-order valence-corrected chi connectivity index (χ2v) is 19.5. The van der Waals surface area contributed by atoms with Crippen LogP contribution in [0.1, 0.15) is 290 Å². The third kappa shape index (κ3) is 55.9. The van der Waals surface area contributed by atoms with Crippen molar-refractivity contribution in [3.05, 3.63) is 72.9 Å². The summed E-state index contributed by atoms with van der Waals surface area (Å²) >= 11 is 0. The van der Waals surface area contributed by atoms with Crippen molar-refractivity contribution in [2.45, 2.75) is 297 Å². The molecule has 0 N–H and O–H groups in total.